The molecule has 0 aromatic rings. The Hall–Kier alpha value is -0.300. The van der Waals surface area contributed by atoms with E-state index in [1.807, 2.05) is 0 Å². The molecule has 1 nitrogen and oxygen atoms in total. The number of rotatable bonds is 2. The Morgan fingerprint density at radius 1 is 1.55 bits per heavy atom. The first-order valence-corrected chi connectivity index (χ1v) is 4.42. The van der Waals surface area contributed by atoms with Crippen molar-refractivity contribution in [1.29, 1.82) is 0 Å². The summed E-state index contributed by atoms with van der Waals surface area (Å²) in [6.45, 7) is 3.28. The lowest BCUT2D eigenvalue weighted by Crippen LogP contribution is -2.27. The lowest BCUT2D eigenvalue weighted by Gasteiger charge is -2.30. The molecule has 2 aliphatic carbocycles. The van der Waals surface area contributed by atoms with Gasteiger partial charge in [-0.25, -0.2) is 0 Å². The predicted molar refractivity (Wildman–Crippen MR) is 45.3 cm³/mol. The van der Waals surface area contributed by atoms with Crippen LogP contribution in [0.1, 0.15) is 19.8 Å². The zero-order valence-electron chi connectivity index (χ0n) is 7.34. The molecule has 0 heterocycles. The molecule has 1 fully saturated rings. The number of hydrogen-bond acceptors (Lipinski definition) is 1. The third-order valence-corrected chi connectivity index (χ3v) is 3.27. The second-order valence-corrected chi connectivity index (χ2v) is 4.28. The number of allylic oxidation sites excluding steroid dienone is 2. The number of methoxy groups -OCH3 is 1. The van der Waals surface area contributed by atoms with Crippen molar-refractivity contribution in [2.24, 2.45) is 17.3 Å². The van der Waals surface area contributed by atoms with Crippen molar-refractivity contribution >= 4 is 0 Å². The van der Waals surface area contributed by atoms with Crippen molar-refractivity contribution < 1.29 is 4.74 Å². The zero-order chi connectivity index (χ0) is 7.90. The Kier molecular flexibility index (Phi) is 1.57. The summed E-state index contributed by atoms with van der Waals surface area (Å²) < 4.78 is 5.25. The fourth-order valence-electron chi connectivity index (χ4n) is 2.69. The number of fused-ring (bicyclic) bond motifs is 2. The third kappa shape index (κ3) is 1.02. The number of hydrogen-bond donors (Lipinski definition) is 0. The maximum Gasteiger partial charge on any atom is 0.0521 e. The maximum atomic E-state index is 5.25. The fourth-order valence-corrected chi connectivity index (χ4v) is 2.69. The second kappa shape index (κ2) is 2.34. The minimum absolute atomic E-state index is 0.453. The minimum atomic E-state index is 0.453. The van der Waals surface area contributed by atoms with E-state index in [1.54, 1.807) is 7.11 Å². The molecule has 62 valence electrons. The summed E-state index contributed by atoms with van der Waals surface area (Å²) in [6.07, 6.45) is 7.47. The van der Waals surface area contributed by atoms with Crippen LogP contribution in [-0.4, -0.2) is 13.7 Å². The average molecular weight is 152 g/mol. The van der Waals surface area contributed by atoms with Crippen molar-refractivity contribution in [3.63, 3.8) is 0 Å². The standard InChI is InChI=1S/C10H16O/c1-10(7-11-2)6-8-3-4-9(10)5-8/h3-4,8-9H,5-7H2,1-2H3. The third-order valence-electron chi connectivity index (χ3n) is 3.27. The summed E-state index contributed by atoms with van der Waals surface area (Å²) in [5.41, 5.74) is 0.453. The van der Waals surface area contributed by atoms with Crippen molar-refractivity contribution in [1.82, 2.24) is 0 Å². The van der Waals surface area contributed by atoms with Crippen LogP contribution in [0.25, 0.3) is 0 Å². The van der Waals surface area contributed by atoms with Gasteiger partial charge in [0, 0.05) is 7.11 Å². The van der Waals surface area contributed by atoms with E-state index in [0.29, 0.717) is 5.41 Å². The molecule has 3 unspecified atom stereocenters. The van der Waals surface area contributed by atoms with Gasteiger partial charge in [-0.3, -0.25) is 0 Å². The lowest BCUT2D eigenvalue weighted by atomic mass is 9.78. The van der Waals surface area contributed by atoms with Crippen LogP contribution < -0.4 is 0 Å². The van der Waals surface area contributed by atoms with Gasteiger partial charge in [-0.15, -0.1) is 0 Å². The van der Waals surface area contributed by atoms with Gasteiger partial charge in [-0.05, 0) is 30.1 Å². The largest absolute Gasteiger partial charge is 0.384 e. The molecule has 2 bridgehead atoms. The molecule has 2 aliphatic rings. The van der Waals surface area contributed by atoms with Crippen molar-refractivity contribution in [3.05, 3.63) is 12.2 Å². The first-order chi connectivity index (χ1) is 5.24. The topological polar surface area (TPSA) is 9.23 Å². The van der Waals surface area contributed by atoms with E-state index in [2.05, 4.69) is 19.1 Å². The van der Waals surface area contributed by atoms with Crippen LogP contribution in [0.3, 0.4) is 0 Å². The van der Waals surface area contributed by atoms with Crippen LogP contribution in [-0.2, 0) is 4.74 Å². The molecule has 11 heavy (non-hydrogen) atoms. The molecule has 1 heteroatoms. The molecule has 0 radical (unpaired) electrons. The molecule has 2 rings (SSSR count). The van der Waals surface area contributed by atoms with Gasteiger partial charge in [0.1, 0.15) is 0 Å². The van der Waals surface area contributed by atoms with E-state index in [0.717, 1.165) is 18.4 Å². The predicted octanol–water partition coefficient (Wildman–Crippen LogP) is 2.24. The summed E-state index contributed by atoms with van der Waals surface area (Å²) in [7, 11) is 1.81. The summed E-state index contributed by atoms with van der Waals surface area (Å²) in [4.78, 5) is 0. The van der Waals surface area contributed by atoms with Crippen LogP contribution >= 0.6 is 0 Å². The number of ether oxygens (including phenoxy) is 1. The van der Waals surface area contributed by atoms with Gasteiger partial charge in [0.2, 0.25) is 0 Å². The molecule has 0 saturated heterocycles. The van der Waals surface area contributed by atoms with Crippen LogP contribution in [0.15, 0.2) is 12.2 Å². The SMILES string of the molecule is COCC1(C)CC2C=CC1C2. The van der Waals surface area contributed by atoms with Crippen LogP contribution in [0.5, 0.6) is 0 Å². The molecule has 0 aromatic heterocycles. The van der Waals surface area contributed by atoms with E-state index in [9.17, 15) is 0 Å². The normalized spacial score (nSPS) is 47.1. The van der Waals surface area contributed by atoms with Gasteiger partial charge >= 0.3 is 0 Å². The van der Waals surface area contributed by atoms with Crippen molar-refractivity contribution in [3.8, 4) is 0 Å². The van der Waals surface area contributed by atoms with E-state index >= 15 is 0 Å². The molecule has 0 aromatic carbocycles. The van der Waals surface area contributed by atoms with Gasteiger partial charge < -0.3 is 4.74 Å². The summed E-state index contributed by atoms with van der Waals surface area (Å²) >= 11 is 0. The minimum Gasteiger partial charge on any atom is -0.384 e. The molecular formula is C10H16O. The van der Waals surface area contributed by atoms with E-state index in [4.69, 9.17) is 4.74 Å². The highest BCUT2D eigenvalue weighted by Crippen LogP contribution is 2.51. The van der Waals surface area contributed by atoms with E-state index in [1.165, 1.54) is 12.8 Å². The van der Waals surface area contributed by atoms with E-state index in [-0.39, 0.29) is 0 Å². The Balaban J connectivity index is 2.11. The van der Waals surface area contributed by atoms with Gasteiger partial charge in [-0.2, -0.15) is 0 Å². The molecule has 1 saturated carbocycles. The molecule has 0 amide bonds. The highest BCUT2D eigenvalue weighted by molar-refractivity contribution is 5.14. The first-order valence-electron chi connectivity index (χ1n) is 4.42. The van der Waals surface area contributed by atoms with Crippen molar-refractivity contribution in [2.75, 3.05) is 13.7 Å². The second-order valence-electron chi connectivity index (χ2n) is 4.28. The highest BCUT2D eigenvalue weighted by Gasteiger charge is 2.44. The average Bonchev–Trinajstić information content (AvgIpc) is 2.45. The van der Waals surface area contributed by atoms with Crippen LogP contribution in [0.2, 0.25) is 0 Å². The Morgan fingerprint density at radius 3 is 2.82 bits per heavy atom. The molecule has 0 aliphatic heterocycles. The zero-order valence-corrected chi connectivity index (χ0v) is 7.34. The Morgan fingerprint density at radius 2 is 2.36 bits per heavy atom. The van der Waals surface area contributed by atoms with Gasteiger partial charge in [0.15, 0.2) is 0 Å². The lowest BCUT2D eigenvalue weighted by molar-refractivity contribution is 0.0734. The molecular weight excluding hydrogens is 136 g/mol. The van der Waals surface area contributed by atoms with Gasteiger partial charge in [0.25, 0.3) is 0 Å². The monoisotopic (exact) mass is 152 g/mol. The maximum absolute atomic E-state index is 5.25. The van der Waals surface area contributed by atoms with Crippen LogP contribution in [0.4, 0.5) is 0 Å². The van der Waals surface area contributed by atoms with Crippen molar-refractivity contribution in [2.45, 2.75) is 19.8 Å². The Bertz CT molecular complexity index is 185. The Labute approximate surface area is 68.4 Å². The quantitative estimate of drug-likeness (QED) is 0.551. The summed E-state index contributed by atoms with van der Waals surface area (Å²) in [6, 6.07) is 0. The summed E-state index contributed by atoms with van der Waals surface area (Å²) in [5, 5.41) is 0. The van der Waals surface area contributed by atoms with E-state index < -0.39 is 0 Å². The van der Waals surface area contributed by atoms with Crippen LogP contribution in [0, 0.1) is 17.3 Å². The molecule has 3 atom stereocenters. The summed E-state index contributed by atoms with van der Waals surface area (Å²) in [5.74, 6) is 1.66. The fraction of sp³-hybridized carbons (Fsp3) is 0.800. The molecule has 0 spiro atoms. The smallest absolute Gasteiger partial charge is 0.0521 e. The van der Waals surface area contributed by atoms with Gasteiger partial charge in [-0.1, -0.05) is 19.1 Å². The van der Waals surface area contributed by atoms with Gasteiger partial charge in [0.05, 0.1) is 6.61 Å². The highest BCUT2D eigenvalue weighted by atomic mass is 16.5. The molecule has 0 N–H and O–H groups in total. The first kappa shape index (κ1) is 7.35.